The predicted molar refractivity (Wildman–Crippen MR) is 106 cm³/mol. The van der Waals surface area contributed by atoms with Crippen molar-refractivity contribution >= 4 is 27.6 Å². The number of amides is 1. The molecular formula is C19H22N2O7S. The van der Waals surface area contributed by atoms with E-state index in [9.17, 15) is 23.1 Å². The number of carbonyl (C=O) groups excluding carboxylic acids is 2. The van der Waals surface area contributed by atoms with Gasteiger partial charge in [0.05, 0.1) is 19.9 Å². The second-order valence-corrected chi connectivity index (χ2v) is 7.97. The van der Waals surface area contributed by atoms with Crippen LogP contribution in [0.3, 0.4) is 0 Å². The minimum Gasteiger partial charge on any atom is -0.505 e. The zero-order valence-electron chi connectivity index (χ0n) is 16.3. The number of phenols is 1. The Morgan fingerprint density at radius 1 is 1.10 bits per heavy atom. The first-order valence-electron chi connectivity index (χ1n) is 8.52. The fourth-order valence-electron chi connectivity index (χ4n) is 2.52. The molecule has 2 aromatic rings. The number of aromatic hydroxyl groups is 1. The maximum atomic E-state index is 12.6. The number of methoxy groups -OCH3 is 2. The molecule has 0 atom stereocenters. The quantitative estimate of drug-likeness (QED) is 0.460. The number of nitrogens with one attached hydrogen (secondary N) is 2. The van der Waals surface area contributed by atoms with Gasteiger partial charge in [0.2, 0.25) is 10.0 Å². The number of para-hydroxylation sites is 1. The molecule has 0 fully saturated rings. The van der Waals surface area contributed by atoms with E-state index in [1.807, 2.05) is 0 Å². The van der Waals surface area contributed by atoms with Crippen LogP contribution < -0.4 is 14.8 Å². The molecule has 0 bridgehead atoms. The van der Waals surface area contributed by atoms with Crippen molar-refractivity contribution in [3.05, 3.63) is 47.5 Å². The second-order valence-electron chi connectivity index (χ2n) is 6.29. The third kappa shape index (κ3) is 5.04. The molecule has 0 aliphatic rings. The molecule has 3 N–H and O–H groups in total. The Morgan fingerprint density at radius 3 is 2.38 bits per heavy atom. The molecule has 2 aromatic carbocycles. The van der Waals surface area contributed by atoms with Crippen LogP contribution in [0.5, 0.6) is 11.5 Å². The van der Waals surface area contributed by atoms with Crippen LogP contribution in [0.1, 0.15) is 34.6 Å². The topological polar surface area (TPSA) is 131 Å². The Hall–Kier alpha value is -3.11. The molecule has 0 saturated heterocycles. The largest absolute Gasteiger partial charge is 0.505 e. The molecule has 0 radical (unpaired) electrons. The summed E-state index contributed by atoms with van der Waals surface area (Å²) in [5, 5.41) is 12.7. The second kappa shape index (κ2) is 8.93. The summed E-state index contributed by atoms with van der Waals surface area (Å²) in [4.78, 5) is 24.1. The minimum absolute atomic E-state index is 0.0119. The van der Waals surface area contributed by atoms with Crippen LogP contribution in [0.2, 0.25) is 0 Å². The SMILES string of the molecule is COC(=O)c1cccc(NC(=O)c2ccc(OC)c(S(=O)(=O)NC(C)C)c2)c1O. The van der Waals surface area contributed by atoms with Gasteiger partial charge in [0.1, 0.15) is 16.2 Å². The number of benzene rings is 2. The molecule has 1 amide bonds. The number of phenolic OH excluding ortho intramolecular Hbond substituents is 1. The summed E-state index contributed by atoms with van der Waals surface area (Å²) in [7, 11) is -1.44. The van der Waals surface area contributed by atoms with E-state index in [-0.39, 0.29) is 33.5 Å². The Bertz CT molecular complexity index is 1030. The molecule has 0 aliphatic carbocycles. The van der Waals surface area contributed by atoms with Crippen molar-refractivity contribution in [1.82, 2.24) is 4.72 Å². The fourth-order valence-corrected chi connectivity index (χ4v) is 3.96. The molecule has 10 heteroatoms. The maximum Gasteiger partial charge on any atom is 0.341 e. The average molecular weight is 422 g/mol. The average Bonchev–Trinajstić information content (AvgIpc) is 2.67. The standard InChI is InChI=1S/C19H22N2O7S/c1-11(2)21-29(25,26)16-10-12(8-9-15(16)27-3)18(23)20-14-7-5-6-13(17(14)22)19(24)28-4/h5-11,21-22H,1-4H3,(H,20,23). The van der Waals surface area contributed by atoms with Crippen LogP contribution in [0, 0.1) is 0 Å². The van der Waals surface area contributed by atoms with E-state index >= 15 is 0 Å². The van der Waals surface area contributed by atoms with Crippen LogP contribution in [-0.4, -0.2) is 45.7 Å². The third-order valence-electron chi connectivity index (χ3n) is 3.80. The Morgan fingerprint density at radius 2 is 1.79 bits per heavy atom. The fraction of sp³-hybridized carbons (Fsp3) is 0.263. The third-order valence-corrected chi connectivity index (χ3v) is 5.48. The van der Waals surface area contributed by atoms with Crippen LogP contribution in [-0.2, 0) is 14.8 Å². The van der Waals surface area contributed by atoms with Gasteiger partial charge in [0.15, 0.2) is 5.75 Å². The first kappa shape index (κ1) is 22.2. The van der Waals surface area contributed by atoms with Crippen molar-refractivity contribution in [1.29, 1.82) is 0 Å². The van der Waals surface area contributed by atoms with E-state index in [1.54, 1.807) is 13.8 Å². The summed E-state index contributed by atoms with van der Waals surface area (Å²) >= 11 is 0. The molecular weight excluding hydrogens is 400 g/mol. The highest BCUT2D eigenvalue weighted by atomic mass is 32.2. The van der Waals surface area contributed by atoms with Gasteiger partial charge in [-0.2, -0.15) is 0 Å². The van der Waals surface area contributed by atoms with Gasteiger partial charge in [-0.3, -0.25) is 4.79 Å². The van der Waals surface area contributed by atoms with Gasteiger partial charge in [-0.1, -0.05) is 6.07 Å². The first-order valence-corrected chi connectivity index (χ1v) is 10.0. The van der Waals surface area contributed by atoms with E-state index in [4.69, 9.17) is 4.74 Å². The molecule has 0 aliphatic heterocycles. The molecule has 9 nitrogen and oxygen atoms in total. The number of anilines is 1. The van der Waals surface area contributed by atoms with Gasteiger partial charge in [0.25, 0.3) is 5.91 Å². The van der Waals surface area contributed by atoms with Crippen LogP contribution in [0.15, 0.2) is 41.3 Å². The van der Waals surface area contributed by atoms with Crippen molar-refractivity contribution < 1.29 is 32.6 Å². The van der Waals surface area contributed by atoms with Gasteiger partial charge in [-0.25, -0.2) is 17.9 Å². The van der Waals surface area contributed by atoms with E-state index in [0.717, 1.165) is 7.11 Å². The highest BCUT2D eigenvalue weighted by molar-refractivity contribution is 7.89. The summed E-state index contributed by atoms with van der Waals surface area (Å²) < 4.78 is 37.2. The number of esters is 1. The van der Waals surface area contributed by atoms with E-state index in [0.29, 0.717) is 0 Å². The molecule has 0 aromatic heterocycles. The Labute approximate surface area is 168 Å². The number of ether oxygens (including phenoxy) is 2. The zero-order chi connectivity index (χ0) is 21.8. The summed E-state index contributed by atoms with van der Waals surface area (Å²) in [6.45, 7) is 3.33. The number of rotatable bonds is 7. The summed E-state index contributed by atoms with van der Waals surface area (Å²) in [5.74, 6) is -1.84. The van der Waals surface area contributed by atoms with Crippen molar-refractivity contribution in [2.75, 3.05) is 19.5 Å². The molecule has 0 saturated carbocycles. The van der Waals surface area contributed by atoms with E-state index < -0.39 is 27.6 Å². The van der Waals surface area contributed by atoms with Gasteiger partial charge in [-0.05, 0) is 44.2 Å². The molecule has 156 valence electrons. The maximum absolute atomic E-state index is 12.6. The van der Waals surface area contributed by atoms with Crippen molar-refractivity contribution in [3.8, 4) is 11.5 Å². The number of hydrogen-bond acceptors (Lipinski definition) is 7. The minimum atomic E-state index is -3.93. The van der Waals surface area contributed by atoms with E-state index in [2.05, 4.69) is 14.8 Å². The number of sulfonamides is 1. The van der Waals surface area contributed by atoms with Crippen LogP contribution in [0.25, 0.3) is 0 Å². The zero-order valence-corrected chi connectivity index (χ0v) is 17.2. The van der Waals surface area contributed by atoms with Gasteiger partial charge < -0.3 is 19.9 Å². The summed E-state index contributed by atoms with van der Waals surface area (Å²) in [6.07, 6.45) is 0. The lowest BCUT2D eigenvalue weighted by Crippen LogP contribution is -2.30. The van der Waals surface area contributed by atoms with Crippen molar-refractivity contribution in [2.45, 2.75) is 24.8 Å². The molecule has 0 spiro atoms. The van der Waals surface area contributed by atoms with E-state index in [1.165, 1.54) is 43.5 Å². The van der Waals surface area contributed by atoms with Crippen LogP contribution >= 0.6 is 0 Å². The lowest BCUT2D eigenvalue weighted by molar-refractivity contribution is 0.0597. The Kier molecular flexibility index (Phi) is 6.83. The van der Waals surface area contributed by atoms with Crippen molar-refractivity contribution in [3.63, 3.8) is 0 Å². The summed E-state index contributed by atoms with van der Waals surface area (Å²) in [6, 6.07) is 7.73. The molecule has 2 rings (SSSR count). The Balaban J connectivity index is 2.40. The first-order chi connectivity index (χ1) is 13.6. The van der Waals surface area contributed by atoms with Gasteiger partial charge >= 0.3 is 5.97 Å². The van der Waals surface area contributed by atoms with Gasteiger partial charge in [-0.15, -0.1) is 0 Å². The van der Waals surface area contributed by atoms with Gasteiger partial charge in [0, 0.05) is 11.6 Å². The van der Waals surface area contributed by atoms with Crippen molar-refractivity contribution in [2.24, 2.45) is 0 Å². The molecule has 29 heavy (non-hydrogen) atoms. The normalized spacial score (nSPS) is 11.2. The number of carbonyl (C=O) groups is 2. The predicted octanol–water partition coefficient (Wildman–Crippen LogP) is 2.13. The van der Waals surface area contributed by atoms with Crippen LogP contribution in [0.4, 0.5) is 5.69 Å². The monoisotopic (exact) mass is 422 g/mol. The highest BCUT2D eigenvalue weighted by Gasteiger charge is 2.23. The lowest BCUT2D eigenvalue weighted by atomic mass is 10.1. The molecule has 0 heterocycles. The smallest absolute Gasteiger partial charge is 0.341 e. The number of hydrogen-bond donors (Lipinski definition) is 3. The summed E-state index contributed by atoms with van der Waals surface area (Å²) in [5.41, 5.74) is -0.138. The lowest BCUT2D eigenvalue weighted by Gasteiger charge is -2.14. The highest BCUT2D eigenvalue weighted by Crippen LogP contribution is 2.29. The molecule has 0 unspecified atom stereocenters.